The molecule has 2 rings (SSSR count). The monoisotopic (exact) mass is 309 g/mol. The molecule has 2 aromatic carbocycles. The Balaban J connectivity index is 0.00000220. The first kappa shape index (κ1) is 17.3. The van der Waals surface area contributed by atoms with Crippen LogP contribution in [-0.4, -0.2) is 23.4 Å². The van der Waals surface area contributed by atoms with Gasteiger partial charge in [0.1, 0.15) is 0 Å². The predicted molar refractivity (Wildman–Crippen MR) is 85.0 cm³/mol. The fourth-order valence-corrected chi connectivity index (χ4v) is 2.12. The van der Waals surface area contributed by atoms with Crippen LogP contribution in [0.4, 0.5) is 0 Å². The van der Waals surface area contributed by atoms with E-state index in [1.807, 2.05) is 30.3 Å². The second kappa shape index (κ2) is 7.88. The van der Waals surface area contributed by atoms with Gasteiger partial charge in [0.05, 0.1) is 19.3 Å². The first-order valence-corrected chi connectivity index (χ1v) is 6.46. The Kier molecular flexibility index (Phi) is 6.49. The molecule has 4 nitrogen and oxygen atoms in total. The largest absolute Gasteiger partial charge is 0.504 e. The minimum Gasteiger partial charge on any atom is -0.504 e. The van der Waals surface area contributed by atoms with E-state index < -0.39 is 12.1 Å². The summed E-state index contributed by atoms with van der Waals surface area (Å²) in [4.78, 5) is 0. The Labute approximate surface area is 130 Å². The van der Waals surface area contributed by atoms with E-state index in [0.29, 0.717) is 17.7 Å². The lowest BCUT2D eigenvalue weighted by atomic mass is 9.96. The summed E-state index contributed by atoms with van der Waals surface area (Å²) in [6, 6.07) is 14.0. The van der Waals surface area contributed by atoms with E-state index in [2.05, 4.69) is 0 Å². The first-order chi connectivity index (χ1) is 9.61. The quantitative estimate of drug-likeness (QED) is 0.793. The molecule has 114 valence electrons. The van der Waals surface area contributed by atoms with Gasteiger partial charge in [-0.3, -0.25) is 0 Å². The maximum Gasteiger partial charge on any atom is 0.160 e. The predicted octanol–water partition coefficient (Wildman–Crippen LogP) is 2.43. The van der Waals surface area contributed by atoms with Gasteiger partial charge in [0.15, 0.2) is 11.5 Å². The molecule has 0 fully saturated rings. The van der Waals surface area contributed by atoms with Crippen molar-refractivity contribution in [3.63, 3.8) is 0 Å². The summed E-state index contributed by atoms with van der Waals surface area (Å²) < 4.78 is 4.98. The van der Waals surface area contributed by atoms with E-state index in [1.165, 1.54) is 13.2 Å². The van der Waals surface area contributed by atoms with Crippen molar-refractivity contribution in [1.29, 1.82) is 0 Å². The molecule has 21 heavy (non-hydrogen) atoms. The molecule has 4 N–H and O–H groups in total. The van der Waals surface area contributed by atoms with Gasteiger partial charge in [0, 0.05) is 6.42 Å². The first-order valence-electron chi connectivity index (χ1n) is 6.46. The number of benzene rings is 2. The number of hydrogen-bond acceptors (Lipinski definition) is 4. The summed E-state index contributed by atoms with van der Waals surface area (Å²) in [6.07, 6.45) is -0.250. The van der Waals surface area contributed by atoms with Gasteiger partial charge in [-0.15, -0.1) is 12.4 Å². The second-order valence-corrected chi connectivity index (χ2v) is 4.71. The highest BCUT2D eigenvalue weighted by atomic mass is 35.5. The molecule has 0 aliphatic heterocycles. The standard InChI is InChI=1S/C16H19NO3.ClH/c1-20-15-8-7-12(10-13(15)18)16(17)14(19)9-11-5-3-2-4-6-11;/h2-8,10,14,16,18-19H,9,17H2,1H3;1H/t14-,16+;/m1./s1. The van der Waals surface area contributed by atoms with Crippen LogP contribution in [0, 0.1) is 0 Å². The lowest BCUT2D eigenvalue weighted by Crippen LogP contribution is -2.28. The van der Waals surface area contributed by atoms with Gasteiger partial charge in [-0.25, -0.2) is 0 Å². The van der Waals surface area contributed by atoms with Crippen LogP contribution in [0.25, 0.3) is 0 Å². The summed E-state index contributed by atoms with van der Waals surface area (Å²) >= 11 is 0. The molecule has 0 radical (unpaired) electrons. The van der Waals surface area contributed by atoms with E-state index in [4.69, 9.17) is 10.5 Å². The molecule has 0 bridgehead atoms. The number of aromatic hydroxyl groups is 1. The third-order valence-electron chi connectivity index (χ3n) is 3.29. The molecular formula is C16H20ClNO3. The fourth-order valence-electron chi connectivity index (χ4n) is 2.12. The maximum atomic E-state index is 10.2. The number of hydrogen-bond donors (Lipinski definition) is 3. The second-order valence-electron chi connectivity index (χ2n) is 4.71. The van der Waals surface area contributed by atoms with Gasteiger partial charge < -0.3 is 20.7 Å². The van der Waals surface area contributed by atoms with Crippen LogP contribution in [0.5, 0.6) is 11.5 Å². The van der Waals surface area contributed by atoms with Crippen molar-refractivity contribution in [2.24, 2.45) is 5.73 Å². The molecule has 0 aliphatic rings. The molecule has 0 saturated heterocycles. The molecule has 0 spiro atoms. The lowest BCUT2D eigenvalue weighted by molar-refractivity contribution is 0.145. The number of aliphatic hydroxyl groups excluding tert-OH is 1. The van der Waals surface area contributed by atoms with Crippen molar-refractivity contribution >= 4 is 12.4 Å². The number of methoxy groups -OCH3 is 1. The number of phenols is 1. The minimum absolute atomic E-state index is 0. The van der Waals surface area contributed by atoms with E-state index in [0.717, 1.165) is 5.56 Å². The number of halogens is 1. The van der Waals surface area contributed by atoms with Gasteiger partial charge in [-0.05, 0) is 23.3 Å². The van der Waals surface area contributed by atoms with Gasteiger partial charge in [-0.2, -0.15) is 0 Å². The third-order valence-corrected chi connectivity index (χ3v) is 3.29. The van der Waals surface area contributed by atoms with Crippen molar-refractivity contribution in [1.82, 2.24) is 0 Å². The number of ether oxygens (including phenoxy) is 1. The Morgan fingerprint density at radius 1 is 1.14 bits per heavy atom. The Morgan fingerprint density at radius 3 is 2.38 bits per heavy atom. The van der Waals surface area contributed by atoms with Crippen LogP contribution >= 0.6 is 12.4 Å². The Bertz CT molecular complexity index is 563. The summed E-state index contributed by atoms with van der Waals surface area (Å²) in [6.45, 7) is 0. The highest BCUT2D eigenvalue weighted by molar-refractivity contribution is 5.85. The normalized spacial score (nSPS) is 13.1. The van der Waals surface area contributed by atoms with Crippen LogP contribution in [-0.2, 0) is 6.42 Å². The van der Waals surface area contributed by atoms with Crippen LogP contribution in [0.15, 0.2) is 48.5 Å². The van der Waals surface area contributed by atoms with Crippen molar-refractivity contribution in [2.45, 2.75) is 18.6 Å². The zero-order chi connectivity index (χ0) is 14.5. The zero-order valence-corrected chi connectivity index (χ0v) is 12.6. The third kappa shape index (κ3) is 4.36. The molecule has 0 heterocycles. The smallest absolute Gasteiger partial charge is 0.160 e. The summed E-state index contributed by atoms with van der Waals surface area (Å²) in [5.74, 6) is 0.408. The lowest BCUT2D eigenvalue weighted by Gasteiger charge is -2.20. The number of phenolic OH excluding ortho intramolecular Hbond substituents is 1. The van der Waals surface area contributed by atoms with Crippen LogP contribution in [0.1, 0.15) is 17.2 Å². The van der Waals surface area contributed by atoms with Crippen molar-refractivity contribution in [3.05, 3.63) is 59.7 Å². The van der Waals surface area contributed by atoms with E-state index in [9.17, 15) is 10.2 Å². The number of nitrogens with two attached hydrogens (primary N) is 1. The average molecular weight is 310 g/mol. The SMILES string of the molecule is COc1ccc([C@H](N)[C@H](O)Cc2ccccc2)cc1O.Cl. The van der Waals surface area contributed by atoms with Crippen molar-refractivity contribution < 1.29 is 14.9 Å². The fraction of sp³-hybridized carbons (Fsp3) is 0.250. The zero-order valence-electron chi connectivity index (χ0n) is 11.8. The molecule has 2 aromatic rings. The average Bonchev–Trinajstić information content (AvgIpc) is 2.47. The van der Waals surface area contributed by atoms with E-state index in [1.54, 1.807) is 12.1 Å². The summed E-state index contributed by atoms with van der Waals surface area (Å²) in [7, 11) is 1.49. The van der Waals surface area contributed by atoms with Crippen LogP contribution < -0.4 is 10.5 Å². The van der Waals surface area contributed by atoms with E-state index >= 15 is 0 Å². The Hall–Kier alpha value is -1.75. The highest BCUT2D eigenvalue weighted by Gasteiger charge is 2.18. The van der Waals surface area contributed by atoms with E-state index in [-0.39, 0.29) is 18.2 Å². The summed E-state index contributed by atoms with van der Waals surface area (Å²) in [5.41, 5.74) is 7.74. The van der Waals surface area contributed by atoms with Gasteiger partial charge in [-0.1, -0.05) is 36.4 Å². The molecule has 0 saturated carbocycles. The van der Waals surface area contributed by atoms with Gasteiger partial charge >= 0.3 is 0 Å². The van der Waals surface area contributed by atoms with Crippen molar-refractivity contribution in [3.8, 4) is 11.5 Å². The van der Waals surface area contributed by atoms with Gasteiger partial charge in [0.25, 0.3) is 0 Å². The molecule has 0 aliphatic carbocycles. The number of rotatable bonds is 5. The van der Waals surface area contributed by atoms with Gasteiger partial charge in [0.2, 0.25) is 0 Å². The maximum absolute atomic E-state index is 10.2. The molecule has 0 aromatic heterocycles. The highest BCUT2D eigenvalue weighted by Crippen LogP contribution is 2.29. The summed E-state index contributed by atoms with van der Waals surface area (Å²) in [5, 5.41) is 20.0. The Morgan fingerprint density at radius 2 is 1.81 bits per heavy atom. The molecule has 0 amide bonds. The minimum atomic E-state index is -0.717. The molecule has 2 atom stereocenters. The number of aliphatic hydroxyl groups is 1. The van der Waals surface area contributed by atoms with Crippen LogP contribution in [0.3, 0.4) is 0 Å². The molecular weight excluding hydrogens is 290 g/mol. The van der Waals surface area contributed by atoms with Crippen LogP contribution in [0.2, 0.25) is 0 Å². The molecule has 5 heteroatoms. The van der Waals surface area contributed by atoms with Crippen molar-refractivity contribution in [2.75, 3.05) is 7.11 Å². The molecule has 0 unspecified atom stereocenters. The topological polar surface area (TPSA) is 75.7 Å².